The second-order valence-electron chi connectivity index (χ2n) is 2.16. The molecule has 1 N–H and O–H groups in total. The monoisotopic (exact) mass is 201 g/mol. The fourth-order valence-corrected chi connectivity index (χ4v) is 0.554. The van der Waals surface area contributed by atoms with E-state index >= 15 is 0 Å². The predicted molar refractivity (Wildman–Crippen MR) is 46.3 cm³/mol. The Morgan fingerprint density at radius 3 is 2.50 bits per heavy atom. The maximum Gasteiger partial charge on any atom is 0.409 e. The summed E-state index contributed by atoms with van der Waals surface area (Å²) in [5.74, 6) is -0.756. The lowest BCUT2D eigenvalue weighted by Crippen LogP contribution is -2.27. The zero-order valence-corrected chi connectivity index (χ0v) is 7.85. The average molecular weight is 201 g/mol. The number of hydrogen-bond donors (Lipinski definition) is 1. The minimum Gasteiger partial charge on any atom is -0.422 e. The molecule has 0 aromatic heterocycles. The van der Waals surface area contributed by atoms with Gasteiger partial charge in [-0.3, -0.25) is 4.79 Å². The molecule has 0 rings (SSSR count). The third-order valence-electron chi connectivity index (χ3n) is 1.07. The summed E-state index contributed by atoms with van der Waals surface area (Å²) in [5, 5.41) is 2.19. The maximum atomic E-state index is 10.8. The molecule has 0 heterocycles. The summed E-state index contributed by atoms with van der Waals surface area (Å²) < 4.78 is 9.09. The molecule has 14 heavy (non-hydrogen) atoms. The van der Waals surface area contributed by atoms with Crippen molar-refractivity contribution < 1.29 is 23.9 Å². The number of carbonyl (C=O) groups is 3. The molecule has 0 aliphatic rings. The summed E-state index contributed by atoms with van der Waals surface area (Å²) in [6, 6.07) is 0. The Morgan fingerprint density at radius 1 is 1.36 bits per heavy atom. The Morgan fingerprint density at radius 2 is 2.00 bits per heavy atom. The second-order valence-corrected chi connectivity index (χ2v) is 2.16. The number of rotatable bonds is 4. The smallest absolute Gasteiger partial charge is 0.409 e. The van der Waals surface area contributed by atoms with E-state index in [1.807, 2.05) is 0 Å². The first kappa shape index (κ1) is 12.2. The van der Waals surface area contributed by atoms with E-state index in [0.717, 1.165) is 12.2 Å². The summed E-state index contributed by atoms with van der Waals surface area (Å²) >= 11 is 0. The van der Waals surface area contributed by atoms with E-state index in [-0.39, 0.29) is 0 Å². The van der Waals surface area contributed by atoms with Crippen molar-refractivity contribution in [3.05, 3.63) is 12.2 Å². The van der Waals surface area contributed by atoms with Crippen LogP contribution in [0.4, 0.5) is 4.79 Å². The Hall–Kier alpha value is -1.85. The van der Waals surface area contributed by atoms with Gasteiger partial charge in [0.2, 0.25) is 6.29 Å². The highest BCUT2D eigenvalue weighted by molar-refractivity contribution is 5.86. The molecule has 78 valence electrons. The topological polar surface area (TPSA) is 81.7 Å². The van der Waals surface area contributed by atoms with Crippen LogP contribution in [0.15, 0.2) is 12.2 Å². The van der Waals surface area contributed by atoms with Gasteiger partial charge in [0, 0.05) is 20.0 Å². The number of aldehydes is 1. The number of allylic oxidation sites excluding steroid dienone is 1. The van der Waals surface area contributed by atoms with Gasteiger partial charge in [0.1, 0.15) is 6.29 Å². The second kappa shape index (κ2) is 6.64. The lowest BCUT2D eigenvalue weighted by Gasteiger charge is -2.11. The summed E-state index contributed by atoms with van der Waals surface area (Å²) in [6.45, 7) is 1.38. The molecule has 0 bridgehead atoms. The van der Waals surface area contributed by atoms with Crippen LogP contribution in [-0.2, 0) is 19.1 Å². The highest BCUT2D eigenvalue weighted by Crippen LogP contribution is 1.95. The molecular weight excluding hydrogens is 190 g/mol. The number of ether oxygens (including phenoxy) is 2. The third-order valence-corrected chi connectivity index (χ3v) is 1.07. The number of alkyl carbamates (subject to hydrolysis) is 1. The van der Waals surface area contributed by atoms with Crippen LogP contribution in [0.2, 0.25) is 0 Å². The number of nitrogens with one attached hydrogen (secondary N) is 1. The SMILES string of the molecule is CNC(=O)OC(C)OC(=O)C=CC=O. The van der Waals surface area contributed by atoms with Gasteiger partial charge in [0.15, 0.2) is 0 Å². The van der Waals surface area contributed by atoms with Gasteiger partial charge in [-0.2, -0.15) is 0 Å². The van der Waals surface area contributed by atoms with Crippen molar-refractivity contribution in [2.45, 2.75) is 13.2 Å². The van der Waals surface area contributed by atoms with E-state index in [1.54, 1.807) is 0 Å². The van der Waals surface area contributed by atoms with E-state index in [9.17, 15) is 14.4 Å². The quantitative estimate of drug-likeness (QED) is 0.299. The first-order chi connectivity index (χ1) is 6.60. The molecular formula is C8H11NO5. The number of carbonyl (C=O) groups excluding carboxylic acids is 3. The third kappa shape index (κ3) is 5.76. The van der Waals surface area contributed by atoms with Gasteiger partial charge < -0.3 is 14.8 Å². The van der Waals surface area contributed by atoms with Gasteiger partial charge in [0.05, 0.1) is 0 Å². The molecule has 1 atom stereocenters. The lowest BCUT2D eigenvalue weighted by molar-refractivity contribution is -0.158. The lowest BCUT2D eigenvalue weighted by atomic mass is 10.5. The normalized spacial score (nSPS) is 11.9. The minimum atomic E-state index is -1.00. The van der Waals surface area contributed by atoms with Gasteiger partial charge >= 0.3 is 12.1 Å². The molecule has 0 saturated heterocycles. The Balaban J connectivity index is 3.87. The van der Waals surface area contributed by atoms with E-state index in [1.165, 1.54) is 14.0 Å². The molecule has 0 saturated carbocycles. The van der Waals surface area contributed by atoms with Crippen LogP contribution < -0.4 is 5.32 Å². The van der Waals surface area contributed by atoms with Gasteiger partial charge in [-0.05, 0) is 6.08 Å². The van der Waals surface area contributed by atoms with Crippen molar-refractivity contribution in [1.29, 1.82) is 0 Å². The standard InChI is InChI=1S/C8H11NO5/c1-6(14-8(12)9-2)13-7(11)4-3-5-10/h3-6H,1-2H3,(H,9,12). The van der Waals surface area contributed by atoms with Crippen LogP contribution in [0.5, 0.6) is 0 Å². The van der Waals surface area contributed by atoms with Crippen molar-refractivity contribution in [3.63, 3.8) is 0 Å². The summed E-state index contributed by atoms with van der Waals surface area (Å²) in [7, 11) is 1.38. The molecule has 0 aliphatic heterocycles. The fourth-order valence-electron chi connectivity index (χ4n) is 0.554. The van der Waals surface area contributed by atoms with Crippen molar-refractivity contribution in [2.75, 3.05) is 7.05 Å². The first-order valence-electron chi connectivity index (χ1n) is 3.81. The van der Waals surface area contributed by atoms with Crippen molar-refractivity contribution in [1.82, 2.24) is 5.32 Å². The van der Waals surface area contributed by atoms with Crippen LogP contribution >= 0.6 is 0 Å². The maximum absolute atomic E-state index is 10.8. The highest BCUT2D eigenvalue weighted by Gasteiger charge is 2.10. The Bertz CT molecular complexity index is 248. The van der Waals surface area contributed by atoms with E-state index in [4.69, 9.17) is 0 Å². The van der Waals surface area contributed by atoms with Gasteiger partial charge in [-0.15, -0.1) is 0 Å². The molecule has 0 radical (unpaired) electrons. The fraction of sp³-hybridized carbons (Fsp3) is 0.375. The minimum absolute atomic E-state index is 0.436. The average Bonchev–Trinajstić information content (AvgIpc) is 2.14. The number of esters is 1. The van der Waals surface area contributed by atoms with Crippen molar-refractivity contribution in [2.24, 2.45) is 0 Å². The van der Waals surface area contributed by atoms with Crippen LogP contribution in [0, 0.1) is 0 Å². The zero-order chi connectivity index (χ0) is 11.0. The zero-order valence-electron chi connectivity index (χ0n) is 7.85. The summed E-state index contributed by atoms with van der Waals surface area (Å²) in [6.07, 6.45) is 0.639. The molecule has 6 heteroatoms. The first-order valence-corrected chi connectivity index (χ1v) is 3.81. The highest BCUT2D eigenvalue weighted by atomic mass is 16.7. The molecule has 0 aromatic rings. The Labute approximate surface area is 80.9 Å². The summed E-state index contributed by atoms with van der Waals surface area (Å²) in [5.41, 5.74) is 0. The van der Waals surface area contributed by atoms with Crippen LogP contribution in [-0.4, -0.2) is 31.7 Å². The van der Waals surface area contributed by atoms with E-state index in [0.29, 0.717) is 6.29 Å². The molecule has 0 fully saturated rings. The van der Waals surface area contributed by atoms with Crippen LogP contribution in [0.3, 0.4) is 0 Å². The largest absolute Gasteiger partial charge is 0.422 e. The van der Waals surface area contributed by atoms with E-state index < -0.39 is 18.4 Å². The Kier molecular flexibility index (Phi) is 5.77. The molecule has 6 nitrogen and oxygen atoms in total. The van der Waals surface area contributed by atoms with Crippen LogP contribution in [0.1, 0.15) is 6.92 Å². The van der Waals surface area contributed by atoms with Gasteiger partial charge in [-0.25, -0.2) is 9.59 Å². The molecule has 0 aliphatic carbocycles. The molecule has 1 amide bonds. The molecule has 0 aromatic carbocycles. The van der Waals surface area contributed by atoms with E-state index in [2.05, 4.69) is 14.8 Å². The van der Waals surface area contributed by atoms with Gasteiger partial charge in [-0.1, -0.05) is 0 Å². The molecule has 1 unspecified atom stereocenters. The summed E-state index contributed by atoms with van der Waals surface area (Å²) in [4.78, 5) is 31.3. The van der Waals surface area contributed by atoms with Crippen molar-refractivity contribution in [3.8, 4) is 0 Å². The van der Waals surface area contributed by atoms with Crippen molar-refractivity contribution >= 4 is 18.3 Å². The molecule has 0 spiro atoms. The number of amides is 1. The number of hydrogen-bond acceptors (Lipinski definition) is 5. The van der Waals surface area contributed by atoms with Crippen LogP contribution in [0.25, 0.3) is 0 Å². The predicted octanol–water partition coefficient (Wildman–Crippen LogP) is -0.0133. The van der Waals surface area contributed by atoms with Gasteiger partial charge in [0.25, 0.3) is 0 Å².